The number of urea groups is 1. The predicted octanol–water partition coefficient (Wildman–Crippen LogP) is 0.848. The fourth-order valence-electron chi connectivity index (χ4n) is 3.11. The van der Waals surface area contributed by atoms with Crippen molar-refractivity contribution in [1.29, 1.82) is 0 Å². The molecule has 0 radical (unpaired) electrons. The van der Waals surface area contributed by atoms with E-state index in [0.717, 1.165) is 0 Å². The molecule has 0 atom stereocenters. The Labute approximate surface area is 174 Å². The Morgan fingerprint density at radius 1 is 1.20 bits per heavy atom. The zero-order valence-electron chi connectivity index (χ0n) is 17.1. The van der Waals surface area contributed by atoms with Gasteiger partial charge in [-0.15, -0.1) is 0 Å². The molecular formula is C20H26N4O6. The van der Waals surface area contributed by atoms with Crippen LogP contribution in [0.2, 0.25) is 0 Å². The summed E-state index contributed by atoms with van der Waals surface area (Å²) in [6, 6.07) is 4.82. The van der Waals surface area contributed by atoms with Gasteiger partial charge in [-0.25, -0.2) is 9.59 Å². The van der Waals surface area contributed by atoms with Crippen molar-refractivity contribution in [3.05, 3.63) is 29.5 Å². The van der Waals surface area contributed by atoms with Crippen molar-refractivity contribution in [2.24, 2.45) is 0 Å². The lowest BCUT2D eigenvalue weighted by molar-refractivity contribution is -0.138. The van der Waals surface area contributed by atoms with Crippen LogP contribution in [0.4, 0.5) is 10.5 Å². The molecule has 0 bridgehead atoms. The number of ether oxygens (including phenoxy) is 3. The first kappa shape index (κ1) is 21.4. The molecule has 10 heteroatoms. The minimum Gasteiger partial charge on any atom is -0.486 e. The van der Waals surface area contributed by atoms with Gasteiger partial charge in [-0.1, -0.05) is 6.92 Å². The van der Waals surface area contributed by atoms with E-state index in [2.05, 4.69) is 16.0 Å². The van der Waals surface area contributed by atoms with Crippen LogP contribution >= 0.6 is 0 Å². The zero-order chi connectivity index (χ0) is 21.5. The normalized spacial score (nSPS) is 15.4. The van der Waals surface area contributed by atoms with E-state index in [-0.39, 0.29) is 32.1 Å². The first-order valence-corrected chi connectivity index (χ1v) is 9.86. The summed E-state index contributed by atoms with van der Waals surface area (Å²) < 4.78 is 16.1. The van der Waals surface area contributed by atoms with Gasteiger partial charge in [0.1, 0.15) is 13.2 Å². The molecule has 3 amide bonds. The Balaban J connectivity index is 1.64. The molecule has 0 aromatic heterocycles. The molecule has 0 aliphatic carbocycles. The summed E-state index contributed by atoms with van der Waals surface area (Å²) in [7, 11) is 0. The summed E-state index contributed by atoms with van der Waals surface area (Å²) in [5.74, 6) is 0.520. The molecule has 0 spiro atoms. The smallest absolute Gasteiger partial charge is 0.337 e. The summed E-state index contributed by atoms with van der Waals surface area (Å²) in [5, 5.41) is 8.05. The van der Waals surface area contributed by atoms with Crippen molar-refractivity contribution in [2.45, 2.75) is 13.8 Å². The molecule has 2 heterocycles. The van der Waals surface area contributed by atoms with E-state index in [4.69, 9.17) is 14.2 Å². The summed E-state index contributed by atoms with van der Waals surface area (Å²) >= 11 is 0. The van der Waals surface area contributed by atoms with Crippen molar-refractivity contribution in [3.63, 3.8) is 0 Å². The average Bonchev–Trinajstić information content (AvgIpc) is 2.73. The monoisotopic (exact) mass is 418 g/mol. The Kier molecular flexibility index (Phi) is 7.12. The van der Waals surface area contributed by atoms with E-state index in [1.54, 1.807) is 25.1 Å². The lowest BCUT2D eigenvalue weighted by Gasteiger charge is -2.26. The van der Waals surface area contributed by atoms with E-state index >= 15 is 0 Å². The third-order valence-corrected chi connectivity index (χ3v) is 4.60. The number of hydrogen-bond donors (Lipinski definition) is 3. The Morgan fingerprint density at radius 3 is 2.70 bits per heavy atom. The molecule has 10 nitrogen and oxygen atoms in total. The standard InChI is InChI=1S/C20H26N4O6/c1-3-24(11-15-14(19(26)28-4-2)10-21-20(27)23-15)12-18(25)22-13-5-6-16-17(9-13)30-8-7-29-16/h5-6,9H,3-4,7-8,10-12H2,1-2H3,(H,22,25)(H2,21,23,27). The number of nitrogens with one attached hydrogen (secondary N) is 3. The van der Waals surface area contributed by atoms with Crippen LogP contribution in [0.15, 0.2) is 29.5 Å². The third kappa shape index (κ3) is 5.41. The van der Waals surface area contributed by atoms with Gasteiger partial charge in [-0.2, -0.15) is 0 Å². The number of benzene rings is 1. The zero-order valence-corrected chi connectivity index (χ0v) is 17.1. The van der Waals surface area contributed by atoms with E-state index in [9.17, 15) is 14.4 Å². The highest BCUT2D eigenvalue weighted by atomic mass is 16.6. The van der Waals surface area contributed by atoms with Crippen LogP contribution in [-0.2, 0) is 14.3 Å². The maximum atomic E-state index is 12.5. The molecule has 0 unspecified atom stereocenters. The van der Waals surface area contributed by atoms with Gasteiger partial charge in [0.05, 0.1) is 25.3 Å². The summed E-state index contributed by atoms with van der Waals surface area (Å²) in [4.78, 5) is 38.3. The second-order valence-electron chi connectivity index (χ2n) is 6.70. The fraction of sp³-hybridized carbons (Fsp3) is 0.450. The minimum atomic E-state index is -0.489. The molecule has 3 rings (SSSR count). The first-order chi connectivity index (χ1) is 14.5. The van der Waals surface area contributed by atoms with Crippen LogP contribution < -0.4 is 25.4 Å². The van der Waals surface area contributed by atoms with E-state index in [1.807, 2.05) is 11.8 Å². The first-order valence-electron chi connectivity index (χ1n) is 9.86. The lowest BCUT2D eigenvalue weighted by atomic mass is 10.1. The van der Waals surface area contributed by atoms with Crippen molar-refractivity contribution in [2.75, 3.05) is 51.3 Å². The molecule has 2 aliphatic rings. The van der Waals surface area contributed by atoms with Gasteiger partial charge in [0.25, 0.3) is 0 Å². The van der Waals surface area contributed by atoms with Gasteiger partial charge >= 0.3 is 12.0 Å². The van der Waals surface area contributed by atoms with Crippen molar-refractivity contribution >= 4 is 23.6 Å². The summed E-state index contributed by atoms with van der Waals surface area (Å²) in [5.41, 5.74) is 1.38. The molecule has 30 heavy (non-hydrogen) atoms. The SMILES string of the molecule is CCOC(=O)C1=C(CN(CC)CC(=O)Nc2ccc3c(c2)OCCO3)NC(=O)NC1. The number of nitrogens with zero attached hydrogens (tertiary/aromatic N) is 1. The van der Waals surface area contributed by atoms with Gasteiger partial charge in [-0.05, 0) is 25.6 Å². The number of fused-ring (bicyclic) bond motifs is 1. The van der Waals surface area contributed by atoms with Crippen LogP contribution in [0.5, 0.6) is 11.5 Å². The quantitative estimate of drug-likeness (QED) is 0.536. The van der Waals surface area contributed by atoms with Crippen LogP contribution in [0, 0.1) is 0 Å². The van der Waals surface area contributed by atoms with Gasteiger partial charge in [0, 0.05) is 24.0 Å². The average molecular weight is 418 g/mol. The molecule has 2 aliphatic heterocycles. The number of carbonyl (C=O) groups excluding carboxylic acids is 3. The molecule has 162 valence electrons. The highest BCUT2D eigenvalue weighted by Gasteiger charge is 2.25. The van der Waals surface area contributed by atoms with E-state index in [1.165, 1.54) is 0 Å². The Bertz CT molecular complexity index is 854. The number of anilines is 1. The number of amides is 3. The summed E-state index contributed by atoms with van der Waals surface area (Å²) in [6.07, 6.45) is 0. The maximum Gasteiger partial charge on any atom is 0.337 e. The number of hydrogen-bond acceptors (Lipinski definition) is 7. The predicted molar refractivity (Wildman–Crippen MR) is 108 cm³/mol. The number of esters is 1. The number of rotatable bonds is 8. The largest absolute Gasteiger partial charge is 0.486 e. The Morgan fingerprint density at radius 2 is 1.97 bits per heavy atom. The highest BCUT2D eigenvalue weighted by Crippen LogP contribution is 2.32. The molecule has 1 aromatic carbocycles. The molecule has 0 saturated carbocycles. The van der Waals surface area contributed by atoms with Crippen LogP contribution in [0.25, 0.3) is 0 Å². The van der Waals surface area contributed by atoms with Crippen molar-refractivity contribution < 1.29 is 28.6 Å². The number of carbonyl (C=O) groups is 3. The van der Waals surface area contributed by atoms with Gasteiger partial charge in [0.15, 0.2) is 11.5 Å². The van der Waals surface area contributed by atoms with Crippen molar-refractivity contribution in [3.8, 4) is 11.5 Å². The second-order valence-corrected chi connectivity index (χ2v) is 6.70. The molecule has 3 N–H and O–H groups in total. The summed E-state index contributed by atoms with van der Waals surface area (Å²) in [6.45, 7) is 5.74. The fourth-order valence-corrected chi connectivity index (χ4v) is 3.11. The van der Waals surface area contributed by atoms with Gasteiger partial charge in [-0.3, -0.25) is 9.69 Å². The highest BCUT2D eigenvalue weighted by molar-refractivity contribution is 5.94. The number of likely N-dealkylation sites (N-methyl/N-ethyl adjacent to an activating group) is 1. The topological polar surface area (TPSA) is 118 Å². The maximum absolute atomic E-state index is 12.5. The van der Waals surface area contributed by atoms with Crippen LogP contribution in [0.3, 0.4) is 0 Å². The van der Waals surface area contributed by atoms with E-state index in [0.29, 0.717) is 48.2 Å². The molecule has 0 saturated heterocycles. The second kappa shape index (κ2) is 9.97. The van der Waals surface area contributed by atoms with Crippen LogP contribution in [0.1, 0.15) is 13.8 Å². The van der Waals surface area contributed by atoms with E-state index < -0.39 is 12.0 Å². The van der Waals surface area contributed by atoms with Crippen molar-refractivity contribution in [1.82, 2.24) is 15.5 Å². The Hall–Kier alpha value is -3.27. The lowest BCUT2D eigenvalue weighted by Crippen LogP contribution is -2.47. The molecular weight excluding hydrogens is 392 g/mol. The molecule has 0 fully saturated rings. The van der Waals surface area contributed by atoms with Crippen LogP contribution in [-0.4, -0.2) is 68.8 Å². The minimum absolute atomic E-state index is 0.0772. The van der Waals surface area contributed by atoms with Gasteiger partial charge < -0.3 is 30.2 Å². The third-order valence-electron chi connectivity index (χ3n) is 4.60. The molecule has 1 aromatic rings. The van der Waals surface area contributed by atoms with Gasteiger partial charge in [0.2, 0.25) is 5.91 Å².